The molecule has 2 nitrogen and oxygen atoms in total. The van der Waals surface area contributed by atoms with Crippen LogP contribution in [-0.2, 0) is 12.8 Å². The van der Waals surface area contributed by atoms with Gasteiger partial charge in [-0.15, -0.1) is 0 Å². The van der Waals surface area contributed by atoms with Crippen molar-refractivity contribution < 1.29 is 5.11 Å². The minimum absolute atomic E-state index is 0.333. The first kappa shape index (κ1) is 14.6. The molecular weight excluding hydrogens is 246 g/mol. The Morgan fingerprint density at radius 2 is 1.50 bits per heavy atom. The molecule has 0 bridgehead atoms. The van der Waals surface area contributed by atoms with Gasteiger partial charge in [-0.1, -0.05) is 49.4 Å². The molecule has 0 saturated heterocycles. The molecule has 106 valence electrons. The summed E-state index contributed by atoms with van der Waals surface area (Å²) in [6.45, 7) is 4.16. The maximum Gasteiger partial charge on any atom is 0.115 e. The molecule has 20 heavy (non-hydrogen) atoms. The Kier molecular flexibility index (Phi) is 5.63. The van der Waals surface area contributed by atoms with Crippen LogP contribution in [0.3, 0.4) is 0 Å². The standard InChI is InChI=1S/C18H23NO/c1-2-19-14-17(12-15-6-4-3-5-7-15)13-16-8-10-18(20)11-9-16/h3-11,17,19-20H,2,12-14H2,1H3. The lowest BCUT2D eigenvalue weighted by molar-refractivity contribution is 0.470. The molecule has 0 aliphatic carbocycles. The SMILES string of the molecule is CCNCC(Cc1ccccc1)Cc1ccc(O)cc1. The maximum atomic E-state index is 9.36. The molecular formula is C18H23NO. The second kappa shape index (κ2) is 7.71. The van der Waals surface area contributed by atoms with Gasteiger partial charge < -0.3 is 10.4 Å². The average molecular weight is 269 g/mol. The lowest BCUT2D eigenvalue weighted by Gasteiger charge is -2.17. The van der Waals surface area contributed by atoms with Crippen LogP contribution in [0.25, 0.3) is 0 Å². The van der Waals surface area contributed by atoms with Crippen molar-refractivity contribution in [3.8, 4) is 5.75 Å². The van der Waals surface area contributed by atoms with Crippen molar-refractivity contribution in [2.45, 2.75) is 19.8 Å². The predicted octanol–water partition coefficient (Wildman–Crippen LogP) is 3.40. The minimum Gasteiger partial charge on any atom is -0.508 e. The summed E-state index contributed by atoms with van der Waals surface area (Å²) in [5.41, 5.74) is 2.66. The van der Waals surface area contributed by atoms with Gasteiger partial charge in [0.05, 0.1) is 0 Å². The second-order valence-electron chi connectivity index (χ2n) is 5.23. The number of hydrogen-bond donors (Lipinski definition) is 2. The monoisotopic (exact) mass is 269 g/mol. The summed E-state index contributed by atoms with van der Waals surface area (Å²) >= 11 is 0. The van der Waals surface area contributed by atoms with Crippen LogP contribution in [0.15, 0.2) is 54.6 Å². The zero-order chi connectivity index (χ0) is 14.2. The third-order valence-corrected chi connectivity index (χ3v) is 3.51. The van der Waals surface area contributed by atoms with E-state index < -0.39 is 0 Å². The Labute approximate surface area is 121 Å². The van der Waals surface area contributed by atoms with Gasteiger partial charge in [-0.2, -0.15) is 0 Å². The third-order valence-electron chi connectivity index (χ3n) is 3.51. The third kappa shape index (κ3) is 4.71. The zero-order valence-electron chi connectivity index (χ0n) is 12.0. The molecule has 0 spiro atoms. The Balaban J connectivity index is 2.01. The van der Waals surface area contributed by atoms with Crippen LogP contribution in [0.1, 0.15) is 18.1 Å². The fraction of sp³-hybridized carbons (Fsp3) is 0.333. The highest BCUT2D eigenvalue weighted by Crippen LogP contribution is 2.17. The minimum atomic E-state index is 0.333. The number of aromatic hydroxyl groups is 1. The highest BCUT2D eigenvalue weighted by Gasteiger charge is 2.10. The highest BCUT2D eigenvalue weighted by molar-refractivity contribution is 5.26. The zero-order valence-corrected chi connectivity index (χ0v) is 12.0. The highest BCUT2D eigenvalue weighted by atomic mass is 16.3. The van der Waals surface area contributed by atoms with Gasteiger partial charge in [-0.05, 0) is 55.1 Å². The van der Waals surface area contributed by atoms with E-state index in [9.17, 15) is 5.11 Å². The van der Waals surface area contributed by atoms with Gasteiger partial charge in [0.2, 0.25) is 0 Å². The van der Waals surface area contributed by atoms with Crippen molar-refractivity contribution in [1.29, 1.82) is 0 Å². The predicted molar refractivity (Wildman–Crippen MR) is 84.0 cm³/mol. The van der Waals surface area contributed by atoms with Crippen LogP contribution in [0, 0.1) is 5.92 Å². The van der Waals surface area contributed by atoms with E-state index in [0.717, 1.165) is 25.9 Å². The fourth-order valence-corrected chi connectivity index (χ4v) is 2.48. The topological polar surface area (TPSA) is 32.3 Å². The van der Waals surface area contributed by atoms with E-state index in [1.165, 1.54) is 11.1 Å². The molecule has 0 heterocycles. The number of benzene rings is 2. The number of rotatable bonds is 7. The van der Waals surface area contributed by atoms with Gasteiger partial charge in [-0.25, -0.2) is 0 Å². The van der Waals surface area contributed by atoms with Crippen molar-refractivity contribution in [2.75, 3.05) is 13.1 Å². The molecule has 0 radical (unpaired) electrons. The fourth-order valence-electron chi connectivity index (χ4n) is 2.48. The summed E-state index contributed by atoms with van der Waals surface area (Å²) < 4.78 is 0. The molecule has 2 aromatic carbocycles. The molecule has 0 fully saturated rings. The van der Waals surface area contributed by atoms with Gasteiger partial charge in [0, 0.05) is 0 Å². The summed E-state index contributed by atoms with van der Waals surface area (Å²) in [7, 11) is 0. The largest absolute Gasteiger partial charge is 0.508 e. The van der Waals surface area contributed by atoms with E-state index in [0.29, 0.717) is 11.7 Å². The first-order valence-electron chi connectivity index (χ1n) is 7.30. The van der Waals surface area contributed by atoms with Crippen molar-refractivity contribution >= 4 is 0 Å². The van der Waals surface area contributed by atoms with Crippen LogP contribution < -0.4 is 5.32 Å². The van der Waals surface area contributed by atoms with Crippen LogP contribution in [0.5, 0.6) is 5.75 Å². The number of phenols is 1. The Bertz CT molecular complexity index is 493. The summed E-state index contributed by atoms with van der Waals surface area (Å²) in [6.07, 6.45) is 2.11. The smallest absolute Gasteiger partial charge is 0.115 e. The first-order chi connectivity index (χ1) is 9.78. The first-order valence-corrected chi connectivity index (χ1v) is 7.30. The van der Waals surface area contributed by atoms with Crippen molar-refractivity contribution in [2.24, 2.45) is 5.92 Å². The summed E-state index contributed by atoms with van der Waals surface area (Å²) in [4.78, 5) is 0. The summed E-state index contributed by atoms with van der Waals surface area (Å²) in [5.74, 6) is 0.905. The molecule has 2 heteroatoms. The molecule has 2 aromatic rings. The molecule has 0 saturated carbocycles. The Hall–Kier alpha value is -1.80. The quantitative estimate of drug-likeness (QED) is 0.807. The Morgan fingerprint density at radius 3 is 2.10 bits per heavy atom. The summed E-state index contributed by atoms with van der Waals surface area (Å²) in [5, 5.41) is 12.8. The van der Waals surface area contributed by atoms with Crippen LogP contribution in [0.2, 0.25) is 0 Å². The van der Waals surface area contributed by atoms with Crippen molar-refractivity contribution in [3.05, 3.63) is 65.7 Å². The van der Waals surface area contributed by atoms with Crippen LogP contribution >= 0.6 is 0 Å². The van der Waals surface area contributed by atoms with E-state index >= 15 is 0 Å². The van der Waals surface area contributed by atoms with E-state index in [2.05, 4.69) is 42.6 Å². The molecule has 0 aromatic heterocycles. The molecule has 2 N–H and O–H groups in total. The van der Waals surface area contributed by atoms with Gasteiger partial charge >= 0.3 is 0 Å². The molecule has 0 aliphatic heterocycles. The van der Waals surface area contributed by atoms with Gasteiger partial charge in [0.15, 0.2) is 0 Å². The molecule has 1 unspecified atom stereocenters. The lowest BCUT2D eigenvalue weighted by Crippen LogP contribution is -2.25. The van der Waals surface area contributed by atoms with Crippen molar-refractivity contribution in [1.82, 2.24) is 5.32 Å². The van der Waals surface area contributed by atoms with Crippen LogP contribution in [0.4, 0.5) is 0 Å². The van der Waals surface area contributed by atoms with E-state index in [1.807, 2.05) is 12.1 Å². The molecule has 0 aliphatic rings. The molecule has 2 rings (SSSR count). The normalized spacial score (nSPS) is 12.2. The average Bonchev–Trinajstić information content (AvgIpc) is 2.48. The maximum absolute atomic E-state index is 9.36. The number of phenolic OH excluding ortho intramolecular Hbond substituents is 1. The van der Waals surface area contributed by atoms with Crippen LogP contribution in [-0.4, -0.2) is 18.2 Å². The van der Waals surface area contributed by atoms with E-state index in [-0.39, 0.29) is 0 Å². The van der Waals surface area contributed by atoms with Gasteiger partial charge in [0.1, 0.15) is 5.75 Å². The van der Waals surface area contributed by atoms with Crippen molar-refractivity contribution in [3.63, 3.8) is 0 Å². The second-order valence-corrected chi connectivity index (χ2v) is 5.23. The Morgan fingerprint density at radius 1 is 0.900 bits per heavy atom. The number of nitrogens with one attached hydrogen (secondary N) is 1. The molecule has 1 atom stereocenters. The molecule has 0 amide bonds. The van der Waals surface area contributed by atoms with E-state index in [4.69, 9.17) is 0 Å². The van der Waals surface area contributed by atoms with Gasteiger partial charge in [0.25, 0.3) is 0 Å². The van der Waals surface area contributed by atoms with E-state index in [1.54, 1.807) is 12.1 Å². The number of hydrogen-bond acceptors (Lipinski definition) is 2. The summed E-state index contributed by atoms with van der Waals surface area (Å²) in [6, 6.07) is 18.2. The lowest BCUT2D eigenvalue weighted by atomic mass is 9.92. The van der Waals surface area contributed by atoms with Gasteiger partial charge in [-0.3, -0.25) is 0 Å².